The van der Waals surface area contributed by atoms with Crippen molar-refractivity contribution in [2.24, 2.45) is 29.1 Å². The summed E-state index contributed by atoms with van der Waals surface area (Å²) in [5.74, 6) is -1.70. The van der Waals surface area contributed by atoms with E-state index >= 15 is 0 Å². The van der Waals surface area contributed by atoms with Crippen molar-refractivity contribution >= 4 is 17.7 Å². The molecule has 1 aromatic heterocycles. The molecule has 1 aromatic rings. The normalized spacial score (nSPS) is 37.7. The summed E-state index contributed by atoms with van der Waals surface area (Å²) in [7, 11) is 1.36. The highest BCUT2D eigenvalue weighted by molar-refractivity contribution is 5.91. The van der Waals surface area contributed by atoms with Crippen molar-refractivity contribution in [1.82, 2.24) is 0 Å². The van der Waals surface area contributed by atoms with E-state index in [9.17, 15) is 14.4 Å². The van der Waals surface area contributed by atoms with Gasteiger partial charge in [0.15, 0.2) is 0 Å². The Labute approximate surface area is 157 Å². The minimum atomic E-state index is -0.576. The molecule has 0 N–H and O–H groups in total. The Morgan fingerprint density at radius 3 is 2.74 bits per heavy atom. The summed E-state index contributed by atoms with van der Waals surface area (Å²) in [6.07, 6.45) is 6.57. The lowest BCUT2D eigenvalue weighted by Gasteiger charge is -2.51. The average molecular weight is 372 g/mol. The monoisotopic (exact) mass is 372 g/mol. The number of hydrogen-bond donors (Lipinski definition) is 0. The van der Waals surface area contributed by atoms with E-state index in [0.717, 1.165) is 12.0 Å². The fourth-order valence-corrected chi connectivity index (χ4v) is 5.68. The second kappa shape index (κ2) is 6.36. The van der Waals surface area contributed by atoms with Crippen LogP contribution in [0.1, 0.15) is 44.8 Å². The molecule has 2 fully saturated rings. The van der Waals surface area contributed by atoms with Crippen LogP contribution in [-0.2, 0) is 23.9 Å². The van der Waals surface area contributed by atoms with Gasteiger partial charge in [-0.25, -0.2) is 4.79 Å². The van der Waals surface area contributed by atoms with Crippen LogP contribution in [0.15, 0.2) is 34.7 Å². The third kappa shape index (κ3) is 2.57. The van der Waals surface area contributed by atoms with Crippen LogP contribution in [-0.4, -0.2) is 24.8 Å². The summed E-state index contributed by atoms with van der Waals surface area (Å²) in [4.78, 5) is 38.0. The summed E-state index contributed by atoms with van der Waals surface area (Å²) in [6.45, 7) is 3.55. The molecule has 0 spiro atoms. The van der Waals surface area contributed by atoms with E-state index in [1.54, 1.807) is 25.5 Å². The molecule has 4 rings (SSSR count). The summed E-state index contributed by atoms with van der Waals surface area (Å²) in [5.41, 5.74) is 0.795. The minimum Gasteiger partial charge on any atom is -0.472 e. The molecule has 2 aliphatic carbocycles. The molecular weight excluding hydrogens is 348 g/mol. The summed E-state index contributed by atoms with van der Waals surface area (Å²) >= 11 is 0. The number of methoxy groups -OCH3 is 1. The van der Waals surface area contributed by atoms with Gasteiger partial charge in [0.05, 0.1) is 25.6 Å². The van der Waals surface area contributed by atoms with Crippen LogP contribution in [0.4, 0.5) is 0 Å². The topological polar surface area (TPSA) is 82.8 Å². The van der Waals surface area contributed by atoms with Gasteiger partial charge in [0.2, 0.25) is 0 Å². The van der Waals surface area contributed by atoms with Gasteiger partial charge in [-0.15, -0.1) is 0 Å². The number of esters is 2. The lowest BCUT2D eigenvalue weighted by molar-refractivity contribution is -0.149. The van der Waals surface area contributed by atoms with Crippen molar-refractivity contribution < 1.29 is 28.3 Å². The van der Waals surface area contributed by atoms with Gasteiger partial charge in [-0.2, -0.15) is 0 Å². The predicted molar refractivity (Wildman–Crippen MR) is 94.2 cm³/mol. The van der Waals surface area contributed by atoms with Gasteiger partial charge in [0.1, 0.15) is 11.9 Å². The summed E-state index contributed by atoms with van der Waals surface area (Å²) < 4.78 is 15.9. The lowest BCUT2D eigenvalue weighted by Crippen LogP contribution is -2.51. The maximum atomic E-state index is 12.9. The van der Waals surface area contributed by atoms with Crippen LogP contribution in [0.5, 0.6) is 0 Å². The van der Waals surface area contributed by atoms with Gasteiger partial charge in [-0.1, -0.05) is 13.0 Å². The highest BCUT2D eigenvalue weighted by Gasteiger charge is 2.63. The third-order valence-electron chi connectivity index (χ3n) is 6.88. The Kier molecular flexibility index (Phi) is 4.24. The van der Waals surface area contributed by atoms with E-state index < -0.39 is 17.4 Å². The number of carbonyl (C=O) groups excluding carboxylic acids is 3. The van der Waals surface area contributed by atoms with Gasteiger partial charge in [-0.05, 0) is 38.2 Å². The number of fused-ring (bicyclic) bond motifs is 3. The van der Waals surface area contributed by atoms with Gasteiger partial charge < -0.3 is 13.9 Å². The first-order valence-corrected chi connectivity index (χ1v) is 9.40. The second-order valence-corrected chi connectivity index (χ2v) is 8.15. The molecule has 0 radical (unpaired) electrons. The molecule has 1 saturated carbocycles. The van der Waals surface area contributed by atoms with Crippen LogP contribution in [0, 0.1) is 29.1 Å². The molecule has 1 saturated heterocycles. The molecule has 6 nitrogen and oxygen atoms in total. The molecule has 3 aliphatic rings. The summed E-state index contributed by atoms with van der Waals surface area (Å²) in [5, 5.41) is 0. The first-order chi connectivity index (χ1) is 12.9. The van der Waals surface area contributed by atoms with Crippen LogP contribution < -0.4 is 0 Å². The van der Waals surface area contributed by atoms with E-state index in [2.05, 4.69) is 0 Å². The molecule has 2 heterocycles. The van der Waals surface area contributed by atoms with Crippen molar-refractivity contribution in [3.05, 3.63) is 35.8 Å². The predicted octanol–water partition coefficient (Wildman–Crippen LogP) is 3.23. The Morgan fingerprint density at radius 2 is 2.11 bits per heavy atom. The molecule has 0 bridgehead atoms. The Hall–Kier alpha value is -2.37. The van der Waals surface area contributed by atoms with E-state index in [4.69, 9.17) is 13.9 Å². The minimum absolute atomic E-state index is 0.0197. The molecule has 6 heteroatoms. The van der Waals surface area contributed by atoms with E-state index in [1.165, 1.54) is 7.11 Å². The Balaban J connectivity index is 1.80. The molecule has 0 unspecified atom stereocenters. The Bertz CT molecular complexity index is 807. The standard InChI is InChI=1S/C21H24O6/c1-11(22)13-9-21(2)14(5-4-6-15(21)19(23)25-3)17-16(13)18(27-20(17)24)12-7-8-26-10-12/h6-8,10,13-14,16-18H,4-5,9H2,1-3H3/t13-,14+,16-,17+,18-,21-/m1/s1. The Morgan fingerprint density at radius 1 is 1.33 bits per heavy atom. The number of hydrogen-bond acceptors (Lipinski definition) is 6. The quantitative estimate of drug-likeness (QED) is 0.758. The zero-order valence-corrected chi connectivity index (χ0v) is 15.8. The van der Waals surface area contributed by atoms with Crippen LogP contribution in [0.3, 0.4) is 0 Å². The van der Waals surface area contributed by atoms with Crippen LogP contribution >= 0.6 is 0 Å². The fourth-order valence-electron chi connectivity index (χ4n) is 5.68. The number of cyclic esters (lactones) is 1. The molecule has 0 aromatic carbocycles. The number of rotatable bonds is 3. The van der Waals surface area contributed by atoms with Crippen LogP contribution in [0.2, 0.25) is 0 Å². The molecule has 144 valence electrons. The highest BCUT2D eigenvalue weighted by Crippen LogP contribution is 2.62. The van der Waals surface area contributed by atoms with Crippen LogP contribution in [0.25, 0.3) is 0 Å². The second-order valence-electron chi connectivity index (χ2n) is 8.15. The number of Topliss-reactive ketones (excluding diaryl/α,β-unsaturated/α-hetero) is 1. The average Bonchev–Trinajstić information content (AvgIpc) is 3.27. The van der Waals surface area contributed by atoms with E-state index in [0.29, 0.717) is 18.4 Å². The zero-order chi connectivity index (χ0) is 19.3. The van der Waals surface area contributed by atoms with Crippen molar-refractivity contribution in [3.8, 4) is 0 Å². The maximum Gasteiger partial charge on any atom is 0.333 e. The molecule has 1 aliphatic heterocycles. The van der Waals surface area contributed by atoms with Gasteiger partial charge >= 0.3 is 11.9 Å². The lowest BCUT2D eigenvalue weighted by atomic mass is 9.49. The number of ether oxygens (including phenoxy) is 2. The van der Waals surface area contributed by atoms with Gasteiger partial charge in [0.25, 0.3) is 0 Å². The van der Waals surface area contributed by atoms with E-state index in [-0.39, 0.29) is 35.5 Å². The number of furan rings is 1. The fraction of sp³-hybridized carbons (Fsp3) is 0.571. The largest absolute Gasteiger partial charge is 0.472 e. The van der Waals surface area contributed by atoms with Crippen molar-refractivity contribution in [2.75, 3.05) is 7.11 Å². The third-order valence-corrected chi connectivity index (χ3v) is 6.88. The van der Waals surface area contributed by atoms with E-state index in [1.807, 2.05) is 13.0 Å². The van der Waals surface area contributed by atoms with Crippen molar-refractivity contribution in [1.29, 1.82) is 0 Å². The molecular formula is C21H24O6. The maximum absolute atomic E-state index is 12.9. The summed E-state index contributed by atoms with van der Waals surface area (Å²) in [6, 6.07) is 1.78. The van der Waals surface area contributed by atoms with Gasteiger partial charge in [0, 0.05) is 28.4 Å². The molecule has 27 heavy (non-hydrogen) atoms. The number of ketones is 1. The number of carbonyl (C=O) groups is 3. The van der Waals surface area contributed by atoms with Crippen molar-refractivity contribution in [2.45, 2.75) is 39.2 Å². The first-order valence-electron chi connectivity index (χ1n) is 9.40. The SMILES string of the molecule is COC(=O)C1=CCC[C@H]2[C@@H]3C(=O)O[C@H](c4ccoc4)[C@@H]3[C@@H](C(C)=O)C[C@@]12C. The zero-order valence-electron chi connectivity index (χ0n) is 15.8. The number of allylic oxidation sites excluding steroid dienone is 1. The first kappa shape index (κ1) is 18.0. The smallest absolute Gasteiger partial charge is 0.333 e. The van der Waals surface area contributed by atoms with Gasteiger partial charge in [-0.3, -0.25) is 9.59 Å². The highest BCUT2D eigenvalue weighted by atomic mass is 16.6. The molecule has 0 amide bonds. The van der Waals surface area contributed by atoms with Crippen molar-refractivity contribution in [3.63, 3.8) is 0 Å². The molecule has 6 atom stereocenters.